The second-order valence-corrected chi connectivity index (χ2v) is 9.47. The van der Waals surface area contributed by atoms with E-state index in [0.717, 1.165) is 18.4 Å². The smallest absolute Gasteiger partial charge is 0.317 e. The van der Waals surface area contributed by atoms with Crippen LogP contribution in [0.2, 0.25) is 0 Å². The average Bonchev–Trinajstić information content (AvgIpc) is 3.79. The third-order valence-corrected chi connectivity index (χ3v) is 5.92. The predicted octanol–water partition coefficient (Wildman–Crippen LogP) is -3.52. The number of primary amides is 1. The number of hydrogen-bond acceptors (Lipinski definition) is 9. The number of rotatable bonds is 20. The van der Waals surface area contributed by atoms with Gasteiger partial charge in [0.1, 0.15) is 18.9 Å². The summed E-state index contributed by atoms with van der Waals surface area (Å²) in [6.45, 7) is -1.75. The zero-order chi connectivity index (χ0) is 30.9. The van der Waals surface area contributed by atoms with Crippen LogP contribution in [-0.4, -0.2) is 98.1 Å². The van der Waals surface area contributed by atoms with Crippen LogP contribution in [0.25, 0.3) is 0 Å². The monoisotopic (exact) mass is 591 g/mol. The van der Waals surface area contributed by atoms with Gasteiger partial charge in [0.15, 0.2) is 0 Å². The van der Waals surface area contributed by atoms with Crippen LogP contribution in [0, 0.1) is 5.92 Å². The minimum atomic E-state index is -1.08. The quantitative estimate of drug-likeness (QED) is 0.0548. The van der Waals surface area contributed by atoms with Crippen LogP contribution >= 0.6 is 0 Å². The number of hydrogen-bond donors (Lipinski definition) is 8. The molecule has 0 heterocycles. The number of carboxylic acid groups (broad SMARTS) is 1. The van der Waals surface area contributed by atoms with E-state index in [4.69, 9.17) is 15.6 Å². The highest BCUT2D eigenvalue weighted by Gasteiger charge is 2.35. The molecule has 0 bridgehead atoms. The Labute approximate surface area is 241 Å². The minimum absolute atomic E-state index is 0.0449. The molecule has 16 nitrogen and oxygen atoms in total. The molecule has 1 aliphatic rings. The van der Waals surface area contributed by atoms with Gasteiger partial charge in [0.25, 0.3) is 0 Å². The zero-order valence-electron chi connectivity index (χ0n) is 23.0. The van der Waals surface area contributed by atoms with Crippen molar-refractivity contribution in [1.82, 2.24) is 31.9 Å². The van der Waals surface area contributed by atoms with Gasteiger partial charge in [-0.05, 0) is 24.3 Å². The number of amides is 6. The van der Waals surface area contributed by atoms with Crippen molar-refractivity contribution in [3.63, 3.8) is 0 Å². The van der Waals surface area contributed by atoms with Crippen molar-refractivity contribution < 1.29 is 43.4 Å². The fraction of sp³-hybridized carbons (Fsp3) is 0.500. The molecule has 1 aromatic rings. The molecule has 0 aliphatic heterocycles. The molecule has 0 radical (unpaired) electrons. The summed E-state index contributed by atoms with van der Waals surface area (Å²) in [6.07, 6.45) is 0.917. The summed E-state index contributed by atoms with van der Waals surface area (Å²) in [5.74, 6) is -4.68. The van der Waals surface area contributed by atoms with E-state index >= 15 is 0 Å². The Kier molecular flexibility index (Phi) is 14.4. The lowest BCUT2D eigenvalue weighted by atomic mass is 10.1. The zero-order valence-corrected chi connectivity index (χ0v) is 23.0. The van der Waals surface area contributed by atoms with Crippen molar-refractivity contribution >= 4 is 41.4 Å². The molecule has 6 amide bonds. The SMILES string of the molecule is NC(=O)C(OCNC(=O)CNC(=O)C(Cc1ccccc1)NC(=O)CNC(=O)CNC(=O)CCNCC(=O)O)C1CC1. The molecule has 1 aromatic carbocycles. The summed E-state index contributed by atoms with van der Waals surface area (Å²) in [4.78, 5) is 83.1. The van der Waals surface area contributed by atoms with Gasteiger partial charge in [0.05, 0.1) is 26.2 Å². The van der Waals surface area contributed by atoms with Crippen LogP contribution in [0.4, 0.5) is 0 Å². The number of carboxylic acids is 1. The van der Waals surface area contributed by atoms with Crippen LogP contribution in [0.15, 0.2) is 30.3 Å². The Morgan fingerprint density at radius 3 is 2.10 bits per heavy atom. The number of carbonyl (C=O) groups is 7. The molecule has 0 spiro atoms. The third kappa shape index (κ3) is 14.2. The fourth-order valence-corrected chi connectivity index (χ4v) is 3.62. The maximum absolute atomic E-state index is 12.8. The van der Waals surface area contributed by atoms with Gasteiger partial charge in [0.2, 0.25) is 35.4 Å². The molecule has 1 fully saturated rings. The first-order valence-corrected chi connectivity index (χ1v) is 13.3. The Bertz CT molecular complexity index is 1110. The Balaban J connectivity index is 1.77. The first kappa shape index (κ1) is 33.6. The molecule has 2 rings (SSSR count). The Morgan fingerprint density at radius 2 is 1.45 bits per heavy atom. The van der Waals surface area contributed by atoms with Crippen molar-refractivity contribution in [3.8, 4) is 0 Å². The van der Waals surface area contributed by atoms with Crippen molar-refractivity contribution in [2.24, 2.45) is 11.7 Å². The van der Waals surface area contributed by atoms with Gasteiger partial charge in [-0.15, -0.1) is 0 Å². The van der Waals surface area contributed by atoms with Gasteiger partial charge in [-0.3, -0.25) is 33.6 Å². The van der Waals surface area contributed by atoms with E-state index in [1.54, 1.807) is 30.3 Å². The minimum Gasteiger partial charge on any atom is -0.480 e. The molecule has 0 saturated heterocycles. The van der Waals surface area contributed by atoms with E-state index in [0.29, 0.717) is 0 Å². The highest BCUT2D eigenvalue weighted by atomic mass is 16.5. The number of nitrogens with two attached hydrogens (primary N) is 1. The summed E-state index contributed by atoms with van der Waals surface area (Å²) < 4.78 is 5.33. The Morgan fingerprint density at radius 1 is 0.833 bits per heavy atom. The van der Waals surface area contributed by atoms with E-state index in [2.05, 4.69) is 31.9 Å². The fourth-order valence-electron chi connectivity index (χ4n) is 3.62. The molecule has 9 N–H and O–H groups in total. The Hall–Kier alpha value is -4.57. The number of aliphatic carboxylic acids is 1. The summed E-state index contributed by atoms with van der Waals surface area (Å²) in [7, 11) is 0. The van der Waals surface area contributed by atoms with Crippen LogP contribution in [0.5, 0.6) is 0 Å². The van der Waals surface area contributed by atoms with E-state index in [-0.39, 0.29) is 38.6 Å². The highest BCUT2D eigenvalue weighted by molar-refractivity contribution is 5.92. The number of nitrogens with one attached hydrogen (secondary N) is 6. The summed E-state index contributed by atoms with van der Waals surface area (Å²) in [5.41, 5.74) is 6.03. The van der Waals surface area contributed by atoms with Gasteiger partial charge >= 0.3 is 5.97 Å². The molecule has 0 aromatic heterocycles. The standard InChI is InChI=1S/C26H37N7O9/c27-25(40)24(17-6-7-17)42-15-32-21(36)12-31-26(41)18(10-16-4-2-1-3-5-16)33-22(37)13-30-20(35)11-29-19(34)8-9-28-14-23(38)39/h1-5,17-18,24,28H,6-15H2,(H2,27,40)(H,29,34)(H,30,35)(H,31,41)(H,32,36)(H,33,37)(H,38,39). The highest BCUT2D eigenvalue weighted by Crippen LogP contribution is 2.34. The second kappa shape index (κ2) is 18.0. The summed E-state index contributed by atoms with van der Waals surface area (Å²) in [5, 5.41) is 23.1. The van der Waals surface area contributed by atoms with E-state index in [1.165, 1.54) is 0 Å². The van der Waals surface area contributed by atoms with Crippen LogP contribution in [0.3, 0.4) is 0 Å². The summed E-state index contributed by atoms with van der Waals surface area (Å²) >= 11 is 0. The lowest BCUT2D eigenvalue weighted by molar-refractivity contribution is -0.136. The average molecular weight is 592 g/mol. The van der Waals surface area contributed by atoms with Gasteiger partial charge in [-0.25, -0.2) is 0 Å². The van der Waals surface area contributed by atoms with Crippen molar-refractivity contribution in [2.45, 2.75) is 37.8 Å². The van der Waals surface area contributed by atoms with E-state index in [9.17, 15) is 33.6 Å². The van der Waals surface area contributed by atoms with E-state index < -0.39 is 73.2 Å². The van der Waals surface area contributed by atoms with Crippen molar-refractivity contribution in [3.05, 3.63) is 35.9 Å². The molecule has 42 heavy (non-hydrogen) atoms. The van der Waals surface area contributed by atoms with Gasteiger partial charge in [0, 0.05) is 19.4 Å². The van der Waals surface area contributed by atoms with Crippen molar-refractivity contribution in [1.29, 1.82) is 0 Å². The second-order valence-electron chi connectivity index (χ2n) is 9.47. The van der Waals surface area contributed by atoms with E-state index in [1.807, 2.05) is 0 Å². The van der Waals surface area contributed by atoms with Crippen LogP contribution < -0.4 is 37.6 Å². The van der Waals surface area contributed by atoms with Crippen LogP contribution in [-0.2, 0) is 44.7 Å². The maximum atomic E-state index is 12.8. The number of ether oxygens (including phenoxy) is 1. The summed E-state index contributed by atoms with van der Waals surface area (Å²) in [6, 6.07) is 7.75. The molecule has 230 valence electrons. The normalized spacial score (nSPS) is 13.6. The maximum Gasteiger partial charge on any atom is 0.317 e. The number of carbonyl (C=O) groups excluding carboxylic acids is 6. The third-order valence-electron chi connectivity index (χ3n) is 5.92. The topological polar surface area (TPSA) is 247 Å². The molecule has 1 saturated carbocycles. The van der Waals surface area contributed by atoms with Gasteiger partial charge in [-0.2, -0.15) is 0 Å². The molecule has 2 unspecified atom stereocenters. The first-order valence-electron chi connectivity index (χ1n) is 13.3. The predicted molar refractivity (Wildman–Crippen MR) is 146 cm³/mol. The first-order chi connectivity index (χ1) is 20.0. The lowest BCUT2D eigenvalue weighted by Crippen LogP contribution is -2.52. The largest absolute Gasteiger partial charge is 0.480 e. The molecular weight excluding hydrogens is 554 g/mol. The van der Waals surface area contributed by atoms with Crippen LogP contribution in [0.1, 0.15) is 24.8 Å². The molecule has 2 atom stereocenters. The molecule has 16 heteroatoms. The van der Waals surface area contributed by atoms with Crippen molar-refractivity contribution in [2.75, 3.05) is 39.5 Å². The van der Waals surface area contributed by atoms with Gasteiger partial charge in [-0.1, -0.05) is 30.3 Å². The lowest BCUT2D eigenvalue weighted by Gasteiger charge is -2.19. The molecular formula is C26H37N7O9. The number of benzene rings is 1. The molecule has 1 aliphatic carbocycles. The van der Waals surface area contributed by atoms with Gasteiger partial charge < -0.3 is 47.5 Å².